The third-order valence-electron chi connectivity index (χ3n) is 3.62. The van der Waals surface area contributed by atoms with Crippen molar-refractivity contribution in [3.05, 3.63) is 52.3 Å². The van der Waals surface area contributed by atoms with Gasteiger partial charge < -0.3 is 5.32 Å². The van der Waals surface area contributed by atoms with Gasteiger partial charge in [0.2, 0.25) is 0 Å². The third kappa shape index (κ3) is 2.71. The average Bonchev–Trinajstić information content (AvgIpc) is 2.76. The van der Waals surface area contributed by atoms with Crippen molar-refractivity contribution in [3.63, 3.8) is 0 Å². The molecular weight excluding hydrogens is 234 g/mol. The lowest BCUT2D eigenvalue weighted by atomic mass is 9.93. The second-order valence-corrected chi connectivity index (χ2v) is 5.14. The summed E-state index contributed by atoms with van der Waals surface area (Å²) in [6, 6.07) is 6.83. The van der Waals surface area contributed by atoms with Gasteiger partial charge in [-0.15, -0.1) is 0 Å². The molecule has 0 aliphatic carbocycles. The molecule has 1 unspecified atom stereocenters. The molecule has 0 aliphatic rings. The van der Waals surface area contributed by atoms with Gasteiger partial charge in [-0.25, -0.2) is 0 Å². The Morgan fingerprint density at radius 3 is 2.63 bits per heavy atom. The van der Waals surface area contributed by atoms with E-state index < -0.39 is 0 Å². The molecule has 0 spiro atoms. The molecule has 1 N–H and O–H groups in total. The topological polar surface area (TPSA) is 29.9 Å². The second kappa shape index (κ2) is 5.57. The highest BCUT2D eigenvalue weighted by molar-refractivity contribution is 5.40. The van der Waals surface area contributed by atoms with Crippen molar-refractivity contribution in [1.82, 2.24) is 15.1 Å². The highest BCUT2D eigenvalue weighted by Gasteiger charge is 2.19. The summed E-state index contributed by atoms with van der Waals surface area (Å²) >= 11 is 0. The van der Waals surface area contributed by atoms with Crippen LogP contribution < -0.4 is 5.32 Å². The normalized spacial score (nSPS) is 12.7. The van der Waals surface area contributed by atoms with Crippen molar-refractivity contribution < 1.29 is 0 Å². The molecule has 0 radical (unpaired) electrons. The minimum atomic E-state index is 0.212. The Morgan fingerprint density at radius 1 is 1.26 bits per heavy atom. The molecule has 1 atom stereocenters. The van der Waals surface area contributed by atoms with E-state index in [9.17, 15) is 0 Å². The van der Waals surface area contributed by atoms with Crippen LogP contribution in [-0.4, -0.2) is 16.8 Å². The number of nitrogens with one attached hydrogen (secondary N) is 1. The molecule has 0 fully saturated rings. The van der Waals surface area contributed by atoms with Crippen LogP contribution in [0.2, 0.25) is 0 Å². The lowest BCUT2D eigenvalue weighted by molar-refractivity contribution is 0.679. The highest BCUT2D eigenvalue weighted by atomic mass is 15.3. The minimum absolute atomic E-state index is 0.212. The maximum atomic E-state index is 4.55. The van der Waals surface area contributed by atoms with Crippen LogP contribution in [0.3, 0.4) is 0 Å². The molecule has 2 aromatic rings. The van der Waals surface area contributed by atoms with E-state index in [-0.39, 0.29) is 6.04 Å². The van der Waals surface area contributed by atoms with E-state index in [2.05, 4.69) is 55.6 Å². The van der Waals surface area contributed by atoms with Gasteiger partial charge in [-0.3, -0.25) is 4.68 Å². The summed E-state index contributed by atoms with van der Waals surface area (Å²) in [4.78, 5) is 0. The van der Waals surface area contributed by atoms with Gasteiger partial charge >= 0.3 is 0 Å². The number of aromatic nitrogens is 2. The summed E-state index contributed by atoms with van der Waals surface area (Å²) in [7, 11) is 4.00. The molecule has 0 bridgehead atoms. The van der Waals surface area contributed by atoms with Crippen LogP contribution in [0.1, 0.15) is 40.9 Å². The molecular formula is C16H23N3. The first-order valence-corrected chi connectivity index (χ1v) is 6.83. The molecule has 0 saturated carbocycles. The van der Waals surface area contributed by atoms with Crippen molar-refractivity contribution in [3.8, 4) is 0 Å². The number of aryl methyl sites for hydroxylation is 4. The van der Waals surface area contributed by atoms with Gasteiger partial charge in [-0.1, -0.05) is 30.7 Å². The predicted octanol–water partition coefficient (Wildman–Crippen LogP) is 2.91. The van der Waals surface area contributed by atoms with Crippen LogP contribution in [0.4, 0.5) is 0 Å². The van der Waals surface area contributed by atoms with E-state index in [0.29, 0.717) is 0 Å². The summed E-state index contributed by atoms with van der Waals surface area (Å²) in [6.07, 6.45) is 3.08. The third-order valence-corrected chi connectivity index (χ3v) is 3.62. The van der Waals surface area contributed by atoms with E-state index in [1.165, 1.54) is 27.9 Å². The fourth-order valence-corrected chi connectivity index (χ4v) is 2.62. The number of rotatable bonds is 4. The van der Waals surface area contributed by atoms with E-state index in [4.69, 9.17) is 0 Å². The molecule has 1 heterocycles. The summed E-state index contributed by atoms with van der Waals surface area (Å²) in [5.74, 6) is 0. The molecule has 0 saturated heterocycles. The molecule has 2 rings (SSSR count). The summed E-state index contributed by atoms with van der Waals surface area (Å²) in [5.41, 5.74) is 6.40. The second-order valence-electron chi connectivity index (χ2n) is 5.14. The molecule has 19 heavy (non-hydrogen) atoms. The molecule has 102 valence electrons. The standard InChI is InChI=1S/C16H23N3/c1-6-15-14(10-19(5)18-15)16(17-4)13-9-11(2)7-8-12(13)3/h7-10,16-17H,6H2,1-5H3. The van der Waals surface area contributed by atoms with Crippen LogP contribution in [-0.2, 0) is 13.5 Å². The molecule has 3 nitrogen and oxygen atoms in total. The zero-order valence-corrected chi connectivity index (χ0v) is 12.5. The highest BCUT2D eigenvalue weighted by Crippen LogP contribution is 2.27. The summed E-state index contributed by atoms with van der Waals surface area (Å²) < 4.78 is 1.91. The fourth-order valence-electron chi connectivity index (χ4n) is 2.62. The maximum absolute atomic E-state index is 4.55. The zero-order valence-electron chi connectivity index (χ0n) is 12.5. The van der Waals surface area contributed by atoms with Crippen molar-refractivity contribution in [1.29, 1.82) is 0 Å². The van der Waals surface area contributed by atoms with Gasteiger partial charge in [0.25, 0.3) is 0 Å². The average molecular weight is 257 g/mol. The number of hydrogen-bond donors (Lipinski definition) is 1. The summed E-state index contributed by atoms with van der Waals surface area (Å²) in [6.45, 7) is 6.46. The van der Waals surface area contributed by atoms with Crippen LogP contribution in [0.15, 0.2) is 24.4 Å². The van der Waals surface area contributed by atoms with E-state index in [1.54, 1.807) is 0 Å². The maximum Gasteiger partial charge on any atom is 0.0673 e. The van der Waals surface area contributed by atoms with Crippen molar-refractivity contribution in [2.75, 3.05) is 7.05 Å². The monoisotopic (exact) mass is 257 g/mol. The van der Waals surface area contributed by atoms with Crippen molar-refractivity contribution in [2.24, 2.45) is 7.05 Å². The Hall–Kier alpha value is -1.61. The Labute approximate surface area is 115 Å². The first-order valence-electron chi connectivity index (χ1n) is 6.83. The van der Waals surface area contributed by atoms with Crippen LogP contribution >= 0.6 is 0 Å². The van der Waals surface area contributed by atoms with Gasteiger partial charge in [0, 0.05) is 18.8 Å². The van der Waals surface area contributed by atoms with E-state index in [1.807, 2.05) is 18.8 Å². The first-order chi connectivity index (χ1) is 9.06. The summed E-state index contributed by atoms with van der Waals surface area (Å²) in [5, 5.41) is 7.99. The smallest absolute Gasteiger partial charge is 0.0673 e. The number of benzene rings is 1. The Balaban J connectivity index is 2.52. The van der Waals surface area contributed by atoms with Gasteiger partial charge in [0.1, 0.15) is 0 Å². The number of hydrogen-bond acceptors (Lipinski definition) is 2. The van der Waals surface area contributed by atoms with Crippen molar-refractivity contribution >= 4 is 0 Å². The zero-order chi connectivity index (χ0) is 14.0. The Morgan fingerprint density at radius 2 is 2.00 bits per heavy atom. The quantitative estimate of drug-likeness (QED) is 0.912. The SMILES string of the molecule is CCc1nn(C)cc1C(NC)c1cc(C)ccc1C. The molecule has 3 heteroatoms. The van der Waals surface area contributed by atoms with E-state index >= 15 is 0 Å². The van der Waals surface area contributed by atoms with E-state index in [0.717, 1.165) is 6.42 Å². The van der Waals surface area contributed by atoms with Gasteiger partial charge in [-0.05, 0) is 38.4 Å². The molecule has 1 aromatic heterocycles. The lowest BCUT2D eigenvalue weighted by Crippen LogP contribution is -2.19. The predicted molar refractivity (Wildman–Crippen MR) is 79.4 cm³/mol. The number of nitrogens with zero attached hydrogens (tertiary/aromatic N) is 2. The van der Waals surface area contributed by atoms with Crippen LogP contribution in [0, 0.1) is 13.8 Å². The molecule has 1 aromatic carbocycles. The van der Waals surface area contributed by atoms with Crippen molar-refractivity contribution in [2.45, 2.75) is 33.2 Å². The minimum Gasteiger partial charge on any atom is -0.309 e. The molecule has 0 aliphatic heterocycles. The van der Waals surface area contributed by atoms with Gasteiger partial charge in [0.15, 0.2) is 0 Å². The Bertz CT molecular complexity index is 569. The molecule has 0 amide bonds. The Kier molecular flexibility index (Phi) is 4.05. The first kappa shape index (κ1) is 13.8. The van der Waals surface area contributed by atoms with Crippen LogP contribution in [0.25, 0.3) is 0 Å². The fraction of sp³-hybridized carbons (Fsp3) is 0.438. The van der Waals surface area contributed by atoms with Crippen LogP contribution in [0.5, 0.6) is 0 Å². The lowest BCUT2D eigenvalue weighted by Gasteiger charge is -2.19. The van der Waals surface area contributed by atoms with Gasteiger partial charge in [0.05, 0.1) is 11.7 Å². The van der Waals surface area contributed by atoms with Gasteiger partial charge in [-0.2, -0.15) is 5.10 Å². The largest absolute Gasteiger partial charge is 0.309 e.